The summed E-state index contributed by atoms with van der Waals surface area (Å²) in [6.45, 7) is 2.78. The van der Waals surface area contributed by atoms with Gasteiger partial charge in [0.2, 0.25) is 5.91 Å². The number of amides is 1. The molecule has 0 unspecified atom stereocenters. The molecule has 2 heterocycles. The summed E-state index contributed by atoms with van der Waals surface area (Å²) in [6, 6.07) is 7.55. The van der Waals surface area contributed by atoms with Gasteiger partial charge in [-0.2, -0.15) is 10.2 Å². The Hall–Kier alpha value is -2.61. The van der Waals surface area contributed by atoms with Crippen molar-refractivity contribution in [3.05, 3.63) is 59.1 Å². The lowest BCUT2D eigenvalue weighted by molar-refractivity contribution is -0.116. The minimum Gasteiger partial charge on any atom is -0.471 e. The highest BCUT2D eigenvalue weighted by atomic mass is 79.9. The van der Waals surface area contributed by atoms with Gasteiger partial charge in [0, 0.05) is 23.6 Å². The molecule has 1 N–H and O–H groups in total. The number of nitrogens with zero attached hydrogens (tertiary/aromatic N) is 4. The first-order valence-electron chi connectivity index (χ1n) is 7.78. The molecule has 0 aliphatic heterocycles. The molecule has 0 fully saturated rings. The molecular formula is C17H18BrN5O2. The zero-order chi connectivity index (χ0) is 17.6. The monoisotopic (exact) mass is 403 g/mol. The van der Waals surface area contributed by atoms with E-state index >= 15 is 0 Å². The first kappa shape index (κ1) is 17.2. The molecule has 3 aromatic rings. The van der Waals surface area contributed by atoms with Crippen molar-refractivity contribution in [3.63, 3.8) is 0 Å². The summed E-state index contributed by atoms with van der Waals surface area (Å²) in [6.07, 6.45) is 7.36. The number of nitrogens with one attached hydrogen (secondary N) is 1. The van der Waals surface area contributed by atoms with Crippen molar-refractivity contribution in [2.45, 2.75) is 26.6 Å². The molecule has 25 heavy (non-hydrogen) atoms. The van der Waals surface area contributed by atoms with Crippen LogP contribution in [0.1, 0.15) is 12.0 Å². The smallest absolute Gasteiger partial charge is 0.226 e. The van der Waals surface area contributed by atoms with Gasteiger partial charge in [-0.15, -0.1) is 0 Å². The van der Waals surface area contributed by atoms with E-state index < -0.39 is 0 Å². The molecule has 1 amide bonds. The van der Waals surface area contributed by atoms with Crippen molar-refractivity contribution in [2.75, 3.05) is 5.32 Å². The normalized spacial score (nSPS) is 10.6. The number of ether oxygens (including phenoxy) is 1. The lowest BCUT2D eigenvalue weighted by Crippen LogP contribution is -2.14. The van der Waals surface area contributed by atoms with Crippen LogP contribution in [0.5, 0.6) is 5.75 Å². The number of carbonyl (C=O) groups is 1. The van der Waals surface area contributed by atoms with Crippen molar-refractivity contribution in [1.29, 1.82) is 0 Å². The highest BCUT2D eigenvalue weighted by molar-refractivity contribution is 9.10. The summed E-state index contributed by atoms with van der Waals surface area (Å²) in [5, 5.41) is 11.2. The number of hydrogen-bond acceptors (Lipinski definition) is 4. The molecule has 3 rings (SSSR count). The maximum Gasteiger partial charge on any atom is 0.226 e. The van der Waals surface area contributed by atoms with E-state index in [1.54, 1.807) is 28.0 Å². The van der Waals surface area contributed by atoms with E-state index in [0.717, 1.165) is 15.8 Å². The molecule has 8 heteroatoms. The summed E-state index contributed by atoms with van der Waals surface area (Å²) in [4.78, 5) is 12.0. The van der Waals surface area contributed by atoms with Crippen LogP contribution in [-0.2, 0) is 18.1 Å². The van der Waals surface area contributed by atoms with Crippen molar-refractivity contribution >= 4 is 27.5 Å². The van der Waals surface area contributed by atoms with Gasteiger partial charge in [-0.3, -0.25) is 9.48 Å². The van der Waals surface area contributed by atoms with E-state index in [1.165, 1.54) is 0 Å². The van der Waals surface area contributed by atoms with Gasteiger partial charge in [-0.25, -0.2) is 4.68 Å². The van der Waals surface area contributed by atoms with Gasteiger partial charge in [0.1, 0.15) is 5.75 Å². The topological polar surface area (TPSA) is 74.0 Å². The van der Waals surface area contributed by atoms with E-state index in [9.17, 15) is 4.79 Å². The van der Waals surface area contributed by atoms with Gasteiger partial charge in [0.15, 0.2) is 6.73 Å². The van der Waals surface area contributed by atoms with Gasteiger partial charge in [-0.05, 0) is 36.8 Å². The number of aromatic nitrogens is 4. The van der Waals surface area contributed by atoms with Crippen LogP contribution < -0.4 is 10.1 Å². The minimum absolute atomic E-state index is 0.0819. The van der Waals surface area contributed by atoms with Gasteiger partial charge in [0.25, 0.3) is 0 Å². The first-order chi connectivity index (χ1) is 12.1. The maximum absolute atomic E-state index is 12.0. The fraction of sp³-hybridized carbons (Fsp3) is 0.235. The molecule has 0 atom stereocenters. The standard InChI is InChI=1S/C17H18BrN5O2/c1-13-8-19-22(10-13)7-6-17(24)21-15-9-20-23(11-15)12-25-16-4-2-14(18)3-5-16/h2-5,8-11H,6-7,12H2,1H3,(H,21,24). The Kier molecular flexibility index (Phi) is 5.49. The largest absolute Gasteiger partial charge is 0.471 e. The predicted molar refractivity (Wildman–Crippen MR) is 97.2 cm³/mol. The molecule has 130 valence electrons. The van der Waals surface area contributed by atoms with Crippen LogP contribution in [0.4, 0.5) is 5.69 Å². The van der Waals surface area contributed by atoms with Crippen LogP contribution in [-0.4, -0.2) is 25.5 Å². The number of aryl methyl sites for hydroxylation is 2. The number of benzene rings is 1. The highest BCUT2D eigenvalue weighted by Crippen LogP contribution is 2.16. The van der Waals surface area contributed by atoms with E-state index in [4.69, 9.17) is 4.74 Å². The van der Waals surface area contributed by atoms with Crippen LogP contribution in [0, 0.1) is 6.92 Å². The molecule has 0 bridgehead atoms. The van der Waals surface area contributed by atoms with E-state index in [-0.39, 0.29) is 12.6 Å². The van der Waals surface area contributed by atoms with Crippen molar-refractivity contribution < 1.29 is 9.53 Å². The molecule has 0 spiro atoms. The molecular weight excluding hydrogens is 386 g/mol. The zero-order valence-corrected chi connectivity index (χ0v) is 15.3. The van der Waals surface area contributed by atoms with E-state index in [0.29, 0.717) is 18.7 Å². The number of carbonyl (C=O) groups excluding carboxylic acids is 1. The minimum atomic E-state index is -0.0819. The van der Waals surface area contributed by atoms with Crippen LogP contribution in [0.2, 0.25) is 0 Å². The fourth-order valence-corrected chi connectivity index (χ4v) is 2.46. The average molecular weight is 404 g/mol. The second-order valence-electron chi connectivity index (χ2n) is 5.57. The number of anilines is 1. The Morgan fingerprint density at radius 3 is 2.64 bits per heavy atom. The molecule has 0 aliphatic rings. The van der Waals surface area contributed by atoms with Gasteiger partial charge < -0.3 is 10.1 Å². The number of halogens is 1. The Morgan fingerprint density at radius 1 is 1.16 bits per heavy atom. The molecule has 0 saturated heterocycles. The SMILES string of the molecule is Cc1cnn(CCC(=O)Nc2cnn(COc3ccc(Br)cc3)c2)c1. The quantitative estimate of drug-likeness (QED) is 0.656. The van der Waals surface area contributed by atoms with E-state index in [2.05, 4.69) is 31.4 Å². The first-order valence-corrected chi connectivity index (χ1v) is 8.57. The van der Waals surface area contributed by atoms with Crippen molar-refractivity contribution in [1.82, 2.24) is 19.6 Å². The van der Waals surface area contributed by atoms with Gasteiger partial charge >= 0.3 is 0 Å². The molecule has 0 aliphatic carbocycles. The molecule has 2 aromatic heterocycles. The molecule has 1 aromatic carbocycles. The van der Waals surface area contributed by atoms with E-state index in [1.807, 2.05) is 37.4 Å². The highest BCUT2D eigenvalue weighted by Gasteiger charge is 2.06. The second kappa shape index (κ2) is 7.98. The van der Waals surface area contributed by atoms with Crippen molar-refractivity contribution in [3.8, 4) is 5.75 Å². The second-order valence-corrected chi connectivity index (χ2v) is 6.49. The summed E-state index contributed by atoms with van der Waals surface area (Å²) in [7, 11) is 0. The third-order valence-corrected chi connectivity index (χ3v) is 3.95. The zero-order valence-electron chi connectivity index (χ0n) is 13.7. The number of rotatable bonds is 7. The average Bonchev–Trinajstić information content (AvgIpc) is 3.21. The Labute approximate surface area is 153 Å². The fourth-order valence-electron chi connectivity index (χ4n) is 2.20. The van der Waals surface area contributed by atoms with Crippen LogP contribution in [0.25, 0.3) is 0 Å². The third-order valence-electron chi connectivity index (χ3n) is 3.42. The summed E-state index contributed by atoms with van der Waals surface area (Å²) >= 11 is 3.38. The van der Waals surface area contributed by atoms with Crippen LogP contribution >= 0.6 is 15.9 Å². The summed E-state index contributed by atoms with van der Waals surface area (Å²) in [5.74, 6) is 0.667. The Bertz CT molecular complexity index is 841. The van der Waals surface area contributed by atoms with Crippen molar-refractivity contribution in [2.24, 2.45) is 0 Å². The number of hydrogen-bond donors (Lipinski definition) is 1. The van der Waals surface area contributed by atoms with Crippen LogP contribution in [0.3, 0.4) is 0 Å². The molecule has 0 saturated carbocycles. The Morgan fingerprint density at radius 2 is 1.92 bits per heavy atom. The predicted octanol–water partition coefficient (Wildman–Crippen LogP) is 3.22. The Balaban J connectivity index is 1.45. The summed E-state index contributed by atoms with van der Waals surface area (Å²) < 4.78 is 10.00. The lowest BCUT2D eigenvalue weighted by atomic mass is 10.3. The lowest BCUT2D eigenvalue weighted by Gasteiger charge is -2.06. The summed E-state index contributed by atoms with van der Waals surface area (Å²) in [5.41, 5.74) is 1.72. The third kappa shape index (κ3) is 5.18. The molecule has 7 nitrogen and oxygen atoms in total. The van der Waals surface area contributed by atoms with Gasteiger partial charge in [-0.1, -0.05) is 15.9 Å². The van der Waals surface area contributed by atoms with Gasteiger partial charge in [0.05, 0.1) is 24.3 Å². The molecule has 0 radical (unpaired) electrons. The van der Waals surface area contributed by atoms with Crippen LogP contribution in [0.15, 0.2) is 53.5 Å². The maximum atomic E-state index is 12.0.